The standard InChI is InChI=1S/C15H21N5O3/c1-4-5-11(13-16-6-7-19(13)3)17-12(21)9-20-8-10(2)14(22)18-15(20)23/h6-8,11H,4-5,9H2,1-3H3,(H,17,21)(H,18,22,23)/t11-/m1/s1. The van der Waals surface area contributed by atoms with Crippen LogP contribution in [0.5, 0.6) is 0 Å². The predicted molar refractivity (Wildman–Crippen MR) is 85.1 cm³/mol. The number of hydrogen-bond acceptors (Lipinski definition) is 4. The van der Waals surface area contributed by atoms with Crippen LogP contribution < -0.4 is 16.6 Å². The van der Waals surface area contributed by atoms with E-state index in [9.17, 15) is 14.4 Å². The Labute approximate surface area is 133 Å². The number of imidazole rings is 1. The van der Waals surface area contributed by atoms with Gasteiger partial charge in [0.2, 0.25) is 5.91 Å². The third-order valence-electron chi connectivity index (χ3n) is 3.59. The van der Waals surface area contributed by atoms with Crippen LogP contribution in [0.4, 0.5) is 0 Å². The van der Waals surface area contributed by atoms with Crippen molar-refractivity contribution in [1.82, 2.24) is 24.4 Å². The second-order valence-electron chi connectivity index (χ2n) is 5.50. The Morgan fingerprint density at radius 1 is 1.43 bits per heavy atom. The van der Waals surface area contributed by atoms with E-state index in [4.69, 9.17) is 0 Å². The summed E-state index contributed by atoms with van der Waals surface area (Å²) in [5.74, 6) is 0.463. The number of carbonyl (C=O) groups is 1. The molecule has 0 bridgehead atoms. The van der Waals surface area contributed by atoms with E-state index in [1.54, 1.807) is 13.1 Å². The third-order valence-corrected chi connectivity index (χ3v) is 3.59. The molecular formula is C15H21N5O3. The molecule has 1 atom stereocenters. The maximum absolute atomic E-state index is 12.3. The topological polar surface area (TPSA) is 102 Å². The van der Waals surface area contributed by atoms with Crippen LogP contribution in [-0.4, -0.2) is 25.0 Å². The summed E-state index contributed by atoms with van der Waals surface area (Å²) in [4.78, 5) is 41.8. The van der Waals surface area contributed by atoms with Crippen LogP contribution in [0.15, 0.2) is 28.2 Å². The summed E-state index contributed by atoms with van der Waals surface area (Å²) in [5, 5.41) is 2.90. The van der Waals surface area contributed by atoms with Crippen LogP contribution in [-0.2, 0) is 18.4 Å². The molecule has 2 heterocycles. The molecule has 0 saturated carbocycles. The van der Waals surface area contributed by atoms with Crippen molar-refractivity contribution in [3.8, 4) is 0 Å². The normalized spacial score (nSPS) is 12.1. The number of carbonyl (C=O) groups excluding carboxylic acids is 1. The van der Waals surface area contributed by atoms with E-state index in [1.165, 1.54) is 10.8 Å². The monoisotopic (exact) mass is 319 g/mol. The fourth-order valence-electron chi connectivity index (χ4n) is 2.40. The van der Waals surface area contributed by atoms with Crippen LogP contribution >= 0.6 is 0 Å². The van der Waals surface area contributed by atoms with Crippen LogP contribution in [0, 0.1) is 6.92 Å². The zero-order valence-corrected chi connectivity index (χ0v) is 13.5. The van der Waals surface area contributed by atoms with Crippen LogP contribution in [0.25, 0.3) is 0 Å². The van der Waals surface area contributed by atoms with Crippen molar-refractivity contribution < 1.29 is 4.79 Å². The molecule has 0 unspecified atom stereocenters. The van der Waals surface area contributed by atoms with Crippen molar-refractivity contribution in [3.05, 3.63) is 50.8 Å². The van der Waals surface area contributed by atoms with Gasteiger partial charge in [-0.2, -0.15) is 0 Å². The molecule has 0 aromatic carbocycles. The number of aryl methyl sites for hydroxylation is 2. The molecule has 23 heavy (non-hydrogen) atoms. The smallest absolute Gasteiger partial charge is 0.328 e. The third kappa shape index (κ3) is 3.97. The highest BCUT2D eigenvalue weighted by Gasteiger charge is 2.18. The van der Waals surface area contributed by atoms with Crippen molar-refractivity contribution in [2.45, 2.75) is 39.3 Å². The molecule has 124 valence electrons. The van der Waals surface area contributed by atoms with Crippen molar-refractivity contribution in [3.63, 3.8) is 0 Å². The molecule has 0 aliphatic carbocycles. The molecule has 0 aliphatic heterocycles. The molecule has 0 fully saturated rings. The lowest BCUT2D eigenvalue weighted by molar-refractivity contribution is -0.122. The van der Waals surface area contributed by atoms with Crippen LogP contribution in [0.1, 0.15) is 37.2 Å². The van der Waals surface area contributed by atoms with E-state index in [1.807, 2.05) is 24.7 Å². The van der Waals surface area contributed by atoms with Gasteiger partial charge in [0, 0.05) is 31.2 Å². The number of amides is 1. The summed E-state index contributed by atoms with van der Waals surface area (Å²) in [5.41, 5.74) is -0.657. The molecule has 2 rings (SSSR count). The number of nitrogens with zero attached hydrogens (tertiary/aromatic N) is 3. The van der Waals surface area contributed by atoms with Crippen molar-refractivity contribution in [2.24, 2.45) is 7.05 Å². The Balaban J connectivity index is 2.14. The summed E-state index contributed by atoms with van der Waals surface area (Å²) in [6.45, 7) is 3.46. The van der Waals surface area contributed by atoms with Crippen molar-refractivity contribution in [2.75, 3.05) is 0 Å². The first-order valence-electron chi connectivity index (χ1n) is 7.49. The van der Waals surface area contributed by atoms with Gasteiger partial charge in [-0.25, -0.2) is 9.78 Å². The Bertz CT molecular complexity index is 802. The minimum atomic E-state index is -0.597. The van der Waals surface area contributed by atoms with Crippen molar-refractivity contribution in [1.29, 1.82) is 0 Å². The van der Waals surface area contributed by atoms with Crippen LogP contribution in [0.2, 0.25) is 0 Å². The van der Waals surface area contributed by atoms with E-state index in [0.717, 1.165) is 18.7 Å². The Hall–Kier alpha value is -2.64. The SMILES string of the molecule is CCC[C@@H](NC(=O)Cn1cc(C)c(=O)[nH]c1=O)c1nccn1C. The first-order chi connectivity index (χ1) is 10.9. The number of aromatic nitrogens is 4. The second-order valence-corrected chi connectivity index (χ2v) is 5.50. The van der Waals surface area contributed by atoms with Gasteiger partial charge in [-0.05, 0) is 13.3 Å². The molecule has 1 amide bonds. The van der Waals surface area contributed by atoms with Gasteiger partial charge >= 0.3 is 5.69 Å². The number of H-pyrrole nitrogens is 1. The number of nitrogens with one attached hydrogen (secondary N) is 2. The number of rotatable bonds is 6. The number of hydrogen-bond donors (Lipinski definition) is 2. The largest absolute Gasteiger partial charge is 0.345 e. The minimum Gasteiger partial charge on any atom is -0.345 e. The number of aromatic amines is 1. The van der Waals surface area contributed by atoms with E-state index in [0.29, 0.717) is 5.56 Å². The highest BCUT2D eigenvalue weighted by molar-refractivity contribution is 5.76. The lowest BCUT2D eigenvalue weighted by Gasteiger charge is -2.18. The maximum atomic E-state index is 12.3. The van der Waals surface area contributed by atoms with Gasteiger partial charge in [-0.1, -0.05) is 13.3 Å². The molecule has 8 nitrogen and oxygen atoms in total. The van der Waals surface area contributed by atoms with Gasteiger partial charge < -0.3 is 9.88 Å². The molecule has 0 spiro atoms. The highest BCUT2D eigenvalue weighted by Crippen LogP contribution is 2.15. The maximum Gasteiger partial charge on any atom is 0.328 e. The highest BCUT2D eigenvalue weighted by atomic mass is 16.2. The fourth-order valence-corrected chi connectivity index (χ4v) is 2.40. The van der Waals surface area contributed by atoms with Gasteiger partial charge in [-0.15, -0.1) is 0 Å². The first-order valence-corrected chi connectivity index (χ1v) is 7.49. The predicted octanol–water partition coefficient (Wildman–Crippen LogP) is 0.236. The summed E-state index contributed by atoms with van der Waals surface area (Å²) in [7, 11) is 1.87. The minimum absolute atomic E-state index is 0.152. The summed E-state index contributed by atoms with van der Waals surface area (Å²) in [6, 6.07) is -0.216. The molecule has 2 N–H and O–H groups in total. The molecule has 2 aromatic heterocycles. The summed E-state index contributed by atoms with van der Waals surface area (Å²) >= 11 is 0. The lowest BCUT2D eigenvalue weighted by atomic mass is 10.1. The summed E-state index contributed by atoms with van der Waals surface area (Å²) < 4.78 is 3.05. The second kappa shape index (κ2) is 7.08. The first kappa shape index (κ1) is 16.7. The quantitative estimate of drug-likeness (QED) is 0.796. The van der Waals surface area contributed by atoms with Crippen LogP contribution in [0.3, 0.4) is 0 Å². The van der Waals surface area contributed by atoms with Crippen molar-refractivity contribution >= 4 is 5.91 Å². The molecule has 2 aromatic rings. The van der Waals surface area contributed by atoms with E-state index in [2.05, 4.69) is 15.3 Å². The molecule has 0 radical (unpaired) electrons. The zero-order valence-electron chi connectivity index (χ0n) is 13.5. The molecule has 0 saturated heterocycles. The lowest BCUT2D eigenvalue weighted by Crippen LogP contribution is -2.38. The fraction of sp³-hybridized carbons (Fsp3) is 0.467. The molecule has 8 heteroatoms. The van der Waals surface area contributed by atoms with E-state index < -0.39 is 11.2 Å². The molecule has 0 aliphatic rings. The van der Waals surface area contributed by atoms with E-state index in [-0.39, 0.29) is 18.5 Å². The Morgan fingerprint density at radius 3 is 2.78 bits per heavy atom. The molecular weight excluding hydrogens is 298 g/mol. The summed E-state index contributed by atoms with van der Waals surface area (Å²) in [6.07, 6.45) is 6.52. The Morgan fingerprint density at radius 2 is 2.17 bits per heavy atom. The average molecular weight is 319 g/mol. The zero-order chi connectivity index (χ0) is 17.0. The van der Waals surface area contributed by atoms with Gasteiger partial charge in [-0.3, -0.25) is 19.1 Å². The Kier molecular flexibility index (Phi) is 5.15. The van der Waals surface area contributed by atoms with Gasteiger partial charge in [0.1, 0.15) is 12.4 Å². The van der Waals surface area contributed by atoms with Gasteiger partial charge in [0.15, 0.2) is 0 Å². The van der Waals surface area contributed by atoms with Gasteiger partial charge in [0.25, 0.3) is 5.56 Å². The van der Waals surface area contributed by atoms with Gasteiger partial charge in [0.05, 0.1) is 6.04 Å². The average Bonchev–Trinajstić information content (AvgIpc) is 2.90. The van der Waals surface area contributed by atoms with E-state index >= 15 is 0 Å².